The Balaban J connectivity index is 1.79. The van der Waals surface area contributed by atoms with E-state index in [1.54, 1.807) is 17.1 Å². The Hall–Kier alpha value is -2.74. The Morgan fingerprint density at radius 3 is 3.00 bits per heavy atom. The van der Waals surface area contributed by atoms with Crippen molar-refractivity contribution in [1.29, 1.82) is 0 Å². The second-order valence-electron chi connectivity index (χ2n) is 5.85. The summed E-state index contributed by atoms with van der Waals surface area (Å²) >= 11 is 0. The molecule has 0 amide bonds. The number of hydrogen-bond acceptors (Lipinski definition) is 7. The number of nitrogens with zero attached hydrogens (tertiary/aromatic N) is 6. The van der Waals surface area contributed by atoms with Crippen LogP contribution in [0.25, 0.3) is 16.7 Å². The highest BCUT2D eigenvalue weighted by atomic mass is 15.4. The van der Waals surface area contributed by atoms with Gasteiger partial charge >= 0.3 is 0 Å². The lowest BCUT2D eigenvalue weighted by atomic mass is 10.2. The Bertz CT molecular complexity index is 828. The Kier molecular flexibility index (Phi) is 3.30. The smallest absolute Gasteiger partial charge is 0.158 e. The van der Waals surface area contributed by atoms with Crippen molar-refractivity contribution in [3.05, 3.63) is 30.9 Å². The van der Waals surface area contributed by atoms with E-state index >= 15 is 0 Å². The van der Waals surface area contributed by atoms with Crippen LogP contribution in [0.5, 0.6) is 0 Å². The van der Waals surface area contributed by atoms with Crippen molar-refractivity contribution in [2.45, 2.75) is 12.5 Å². The topological polar surface area (TPSA) is 97.8 Å². The highest BCUT2D eigenvalue weighted by Gasteiger charge is 2.22. The average Bonchev–Trinajstić information content (AvgIpc) is 3.12. The maximum atomic E-state index is 5.85. The van der Waals surface area contributed by atoms with Crippen molar-refractivity contribution in [1.82, 2.24) is 29.6 Å². The van der Waals surface area contributed by atoms with E-state index in [4.69, 9.17) is 10.8 Å². The van der Waals surface area contributed by atoms with Gasteiger partial charge in [-0.15, -0.1) is 5.10 Å². The van der Waals surface area contributed by atoms with Gasteiger partial charge in [-0.3, -0.25) is 0 Å². The number of aromatic nitrogens is 5. The minimum Gasteiger partial charge on any atom is -0.384 e. The summed E-state index contributed by atoms with van der Waals surface area (Å²) in [5.41, 5.74) is 6.73. The van der Waals surface area contributed by atoms with Gasteiger partial charge in [0.2, 0.25) is 0 Å². The highest BCUT2D eigenvalue weighted by Crippen LogP contribution is 2.27. The molecule has 3 N–H and O–H groups in total. The van der Waals surface area contributed by atoms with Gasteiger partial charge in [-0.25, -0.2) is 19.6 Å². The quantitative estimate of drug-likeness (QED) is 0.742. The molecule has 0 spiro atoms. The number of pyridine rings is 1. The van der Waals surface area contributed by atoms with E-state index in [0.717, 1.165) is 36.2 Å². The van der Waals surface area contributed by atoms with Crippen LogP contribution >= 0.6 is 0 Å². The maximum absolute atomic E-state index is 5.85. The molecule has 1 aliphatic heterocycles. The lowest BCUT2D eigenvalue weighted by Gasteiger charge is -2.12. The zero-order chi connectivity index (χ0) is 15.8. The van der Waals surface area contributed by atoms with Crippen LogP contribution in [-0.4, -0.2) is 55.8 Å². The maximum Gasteiger partial charge on any atom is 0.158 e. The minimum absolute atomic E-state index is 0.384. The normalized spacial score (nSPS) is 18.6. The molecule has 4 rings (SSSR count). The second kappa shape index (κ2) is 5.47. The molecule has 1 fully saturated rings. The Morgan fingerprint density at radius 2 is 2.26 bits per heavy atom. The van der Waals surface area contributed by atoms with Crippen molar-refractivity contribution in [3.8, 4) is 5.82 Å². The first-order valence-electron chi connectivity index (χ1n) is 7.56. The van der Waals surface area contributed by atoms with E-state index in [9.17, 15) is 0 Å². The van der Waals surface area contributed by atoms with E-state index in [0.29, 0.717) is 17.7 Å². The fourth-order valence-electron chi connectivity index (χ4n) is 2.96. The van der Waals surface area contributed by atoms with Gasteiger partial charge in [-0.2, -0.15) is 0 Å². The summed E-state index contributed by atoms with van der Waals surface area (Å²) < 4.78 is 1.77. The zero-order valence-electron chi connectivity index (χ0n) is 12.8. The first kappa shape index (κ1) is 13.9. The SMILES string of the molecule is CN1CCC(Nc2nn(-c3ccncn3)c3cc(N)ncc23)C1. The molecule has 8 nitrogen and oxygen atoms in total. The van der Waals surface area contributed by atoms with E-state index in [1.807, 2.05) is 12.1 Å². The molecular formula is C15H18N8. The summed E-state index contributed by atoms with van der Waals surface area (Å²) in [5.74, 6) is 1.97. The number of fused-ring (bicyclic) bond motifs is 1. The summed E-state index contributed by atoms with van der Waals surface area (Å²) in [6, 6.07) is 4.02. The van der Waals surface area contributed by atoms with Crippen molar-refractivity contribution in [2.75, 3.05) is 31.2 Å². The van der Waals surface area contributed by atoms with Crippen LogP contribution in [0.4, 0.5) is 11.6 Å². The van der Waals surface area contributed by atoms with Gasteiger partial charge in [0, 0.05) is 37.1 Å². The molecular weight excluding hydrogens is 292 g/mol. The molecule has 0 saturated carbocycles. The molecule has 0 bridgehead atoms. The van der Waals surface area contributed by atoms with E-state index < -0.39 is 0 Å². The third-order valence-corrected chi connectivity index (χ3v) is 4.10. The van der Waals surface area contributed by atoms with Crippen LogP contribution in [0.1, 0.15) is 6.42 Å². The first-order valence-corrected chi connectivity index (χ1v) is 7.56. The summed E-state index contributed by atoms with van der Waals surface area (Å²) in [6.07, 6.45) is 6.06. The standard InChI is InChI=1S/C15H18N8/c1-22-5-3-10(8-22)20-15-11-7-18-13(16)6-12(11)23(21-15)14-2-4-17-9-19-14/h2,4,6-7,9-10H,3,5,8H2,1H3,(H2,16,18)(H,20,21). The molecule has 23 heavy (non-hydrogen) atoms. The van der Waals surface area contributed by atoms with Crippen LogP contribution in [-0.2, 0) is 0 Å². The molecule has 1 saturated heterocycles. The zero-order valence-corrected chi connectivity index (χ0v) is 12.8. The monoisotopic (exact) mass is 310 g/mol. The highest BCUT2D eigenvalue weighted by molar-refractivity contribution is 5.91. The van der Waals surface area contributed by atoms with Crippen molar-refractivity contribution in [2.24, 2.45) is 0 Å². The molecule has 4 heterocycles. The molecule has 8 heteroatoms. The average molecular weight is 310 g/mol. The first-order chi connectivity index (χ1) is 11.2. The molecule has 3 aromatic heterocycles. The van der Waals surface area contributed by atoms with E-state index in [1.165, 1.54) is 6.33 Å². The third kappa shape index (κ3) is 2.57. The molecule has 1 atom stereocenters. The van der Waals surface area contributed by atoms with Gasteiger partial charge in [0.05, 0.1) is 10.9 Å². The molecule has 1 unspecified atom stereocenters. The van der Waals surface area contributed by atoms with Crippen LogP contribution in [0, 0.1) is 0 Å². The van der Waals surface area contributed by atoms with Crippen LogP contribution < -0.4 is 11.1 Å². The predicted molar refractivity (Wildman–Crippen MR) is 88.4 cm³/mol. The van der Waals surface area contributed by atoms with Crippen LogP contribution in [0.3, 0.4) is 0 Å². The minimum atomic E-state index is 0.384. The number of nitrogen functional groups attached to an aromatic ring is 1. The van der Waals surface area contributed by atoms with Gasteiger partial charge in [0.1, 0.15) is 12.1 Å². The summed E-state index contributed by atoms with van der Waals surface area (Å²) in [5, 5.41) is 9.15. The molecule has 0 aliphatic carbocycles. The predicted octanol–water partition coefficient (Wildman–Crippen LogP) is 0.909. The molecule has 0 aromatic carbocycles. The molecule has 1 aliphatic rings. The number of hydrogen-bond donors (Lipinski definition) is 2. The molecule has 3 aromatic rings. The van der Waals surface area contributed by atoms with Crippen molar-refractivity contribution in [3.63, 3.8) is 0 Å². The summed E-state index contributed by atoms with van der Waals surface area (Å²) in [4.78, 5) is 14.7. The van der Waals surface area contributed by atoms with Gasteiger partial charge in [-0.05, 0) is 20.0 Å². The number of nitrogens with two attached hydrogens (primary N) is 1. The third-order valence-electron chi connectivity index (χ3n) is 4.10. The number of likely N-dealkylation sites (N-methyl/N-ethyl adjacent to an activating group) is 1. The molecule has 118 valence electrons. The largest absolute Gasteiger partial charge is 0.384 e. The summed E-state index contributed by atoms with van der Waals surface area (Å²) in [6.45, 7) is 2.09. The van der Waals surface area contributed by atoms with Gasteiger partial charge in [0.25, 0.3) is 0 Å². The number of rotatable bonds is 3. The molecule has 0 radical (unpaired) electrons. The summed E-state index contributed by atoms with van der Waals surface area (Å²) in [7, 11) is 2.13. The lowest BCUT2D eigenvalue weighted by molar-refractivity contribution is 0.414. The van der Waals surface area contributed by atoms with Gasteiger partial charge in [0.15, 0.2) is 11.6 Å². The van der Waals surface area contributed by atoms with Crippen molar-refractivity contribution >= 4 is 22.5 Å². The van der Waals surface area contributed by atoms with Crippen LogP contribution in [0.2, 0.25) is 0 Å². The fourth-order valence-corrected chi connectivity index (χ4v) is 2.96. The fraction of sp³-hybridized carbons (Fsp3) is 0.333. The van der Waals surface area contributed by atoms with E-state index in [-0.39, 0.29) is 0 Å². The number of likely N-dealkylation sites (tertiary alicyclic amines) is 1. The second-order valence-corrected chi connectivity index (χ2v) is 5.85. The Labute approximate surface area is 133 Å². The number of nitrogens with one attached hydrogen (secondary N) is 1. The Morgan fingerprint density at radius 1 is 1.35 bits per heavy atom. The van der Waals surface area contributed by atoms with Crippen LogP contribution in [0.15, 0.2) is 30.9 Å². The lowest BCUT2D eigenvalue weighted by Crippen LogP contribution is -2.23. The van der Waals surface area contributed by atoms with Gasteiger partial charge < -0.3 is 16.0 Å². The van der Waals surface area contributed by atoms with Gasteiger partial charge in [-0.1, -0.05) is 0 Å². The van der Waals surface area contributed by atoms with Crippen molar-refractivity contribution < 1.29 is 0 Å². The number of anilines is 2. The van der Waals surface area contributed by atoms with E-state index in [2.05, 4.69) is 32.2 Å².